The van der Waals surface area contributed by atoms with E-state index < -0.39 is 4.92 Å². The average molecular weight is 278 g/mol. The molecule has 0 aliphatic rings. The summed E-state index contributed by atoms with van der Waals surface area (Å²) in [6.45, 7) is 0. The number of nitro benzene ring substituents is 1. The Bertz CT molecular complexity index is 602. The van der Waals surface area contributed by atoms with Crippen LogP contribution in [0.25, 0.3) is 0 Å². The van der Waals surface area contributed by atoms with Crippen molar-refractivity contribution in [2.45, 2.75) is 10.6 Å². The first-order valence-electron chi connectivity index (χ1n) is 5.47. The Morgan fingerprint density at radius 3 is 2.53 bits per heavy atom. The number of nitrogen functional groups attached to an aromatic ring is 1. The van der Waals surface area contributed by atoms with Crippen molar-refractivity contribution in [2.24, 2.45) is 0 Å². The summed E-state index contributed by atoms with van der Waals surface area (Å²) in [6, 6.07) is 10.4. The number of rotatable bonds is 4. The van der Waals surface area contributed by atoms with Crippen molar-refractivity contribution in [2.75, 3.05) is 5.73 Å². The molecule has 0 atom stereocenters. The highest BCUT2D eigenvalue weighted by atomic mass is 32.2. The zero-order valence-corrected chi connectivity index (χ0v) is 10.7. The van der Waals surface area contributed by atoms with Gasteiger partial charge >= 0.3 is 0 Å². The lowest BCUT2D eigenvalue weighted by Crippen LogP contribution is -1.95. The van der Waals surface area contributed by atoms with Gasteiger partial charge < -0.3 is 5.73 Å². The van der Waals surface area contributed by atoms with Crippen LogP contribution >= 0.6 is 11.8 Å². The molecule has 0 amide bonds. The molecular weight excluding hydrogens is 267 g/mol. The molecule has 0 saturated heterocycles. The molecule has 0 fully saturated rings. The molecule has 0 heterocycles. The van der Waals surface area contributed by atoms with E-state index in [0.29, 0.717) is 17.0 Å². The molecule has 0 saturated carbocycles. The van der Waals surface area contributed by atoms with Gasteiger partial charge in [0, 0.05) is 28.5 Å². The lowest BCUT2D eigenvalue weighted by Gasteiger charge is -2.05. The number of thioether (sulfide) groups is 1. The molecule has 98 valence electrons. The first-order chi connectivity index (χ1) is 9.06. The number of hydrogen-bond acceptors (Lipinski definition) is 4. The summed E-state index contributed by atoms with van der Waals surface area (Å²) >= 11 is 1.45. The second-order valence-corrected chi connectivity index (χ2v) is 4.93. The molecule has 0 bridgehead atoms. The summed E-state index contributed by atoms with van der Waals surface area (Å²) in [5, 5.41) is 10.7. The molecular formula is C13H11FN2O2S. The van der Waals surface area contributed by atoms with Crippen LogP contribution in [0.1, 0.15) is 5.56 Å². The smallest absolute Gasteiger partial charge is 0.269 e. The molecule has 0 unspecified atom stereocenters. The first kappa shape index (κ1) is 13.4. The van der Waals surface area contributed by atoms with Crippen LogP contribution in [0.3, 0.4) is 0 Å². The maximum Gasteiger partial charge on any atom is 0.269 e. The van der Waals surface area contributed by atoms with Gasteiger partial charge in [-0.1, -0.05) is 0 Å². The number of nitrogens with zero attached hydrogens (tertiary/aromatic N) is 1. The lowest BCUT2D eigenvalue weighted by molar-refractivity contribution is -0.384. The topological polar surface area (TPSA) is 69.2 Å². The van der Waals surface area contributed by atoms with Crippen LogP contribution < -0.4 is 5.73 Å². The van der Waals surface area contributed by atoms with Crippen LogP contribution in [0.15, 0.2) is 47.4 Å². The highest BCUT2D eigenvalue weighted by molar-refractivity contribution is 7.98. The SMILES string of the molecule is Nc1ccc([N+](=O)[O-])cc1CSc1ccc(F)cc1. The van der Waals surface area contributed by atoms with Crippen molar-refractivity contribution in [3.05, 3.63) is 64.0 Å². The van der Waals surface area contributed by atoms with E-state index in [1.54, 1.807) is 12.1 Å². The third kappa shape index (κ3) is 3.45. The molecule has 0 aliphatic heterocycles. The van der Waals surface area contributed by atoms with E-state index >= 15 is 0 Å². The Morgan fingerprint density at radius 2 is 1.89 bits per heavy atom. The summed E-state index contributed by atoms with van der Waals surface area (Å²) in [4.78, 5) is 11.1. The van der Waals surface area contributed by atoms with Crippen molar-refractivity contribution < 1.29 is 9.31 Å². The fraction of sp³-hybridized carbons (Fsp3) is 0.0769. The Balaban J connectivity index is 2.12. The highest BCUT2D eigenvalue weighted by Gasteiger charge is 2.09. The molecule has 2 aromatic rings. The number of anilines is 1. The maximum atomic E-state index is 12.8. The Morgan fingerprint density at radius 1 is 1.21 bits per heavy atom. The molecule has 4 nitrogen and oxygen atoms in total. The third-order valence-corrected chi connectivity index (χ3v) is 3.61. The number of hydrogen-bond donors (Lipinski definition) is 1. The second kappa shape index (κ2) is 5.71. The van der Waals surface area contributed by atoms with Crippen molar-refractivity contribution in [1.29, 1.82) is 0 Å². The zero-order valence-electron chi connectivity index (χ0n) is 9.88. The number of halogens is 1. The number of benzene rings is 2. The normalized spacial score (nSPS) is 10.4. The van der Waals surface area contributed by atoms with E-state index in [1.165, 1.54) is 42.1 Å². The number of nitrogens with two attached hydrogens (primary N) is 1. The lowest BCUT2D eigenvalue weighted by atomic mass is 10.2. The number of non-ortho nitro benzene ring substituents is 1. The Kier molecular flexibility index (Phi) is 4.01. The largest absolute Gasteiger partial charge is 0.398 e. The van der Waals surface area contributed by atoms with Gasteiger partial charge in [-0.3, -0.25) is 10.1 Å². The molecule has 2 N–H and O–H groups in total. The minimum Gasteiger partial charge on any atom is -0.398 e. The second-order valence-electron chi connectivity index (χ2n) is 3.88. The Labute approximate surface area is 113 Å². The van der Waals surface area contributed by atoms with E-state index in [9.17, 15) is 14.5 Å². The van der Waals surface area contributed by atoms with Crippen LogP contribution in [0.5, 0.6) is 0 Å². The van der Waals surface area contributed by atoms with E-state index in [-0.39, 0.29) is 11.5 Å². The predicted octanol–water partition coefficient (Wildman–Crippen LogP) is 3.61. The fourth-order valence-electron chi connectivity index (χ4n) is 1.52. The van der Waals surface area contributed by atoms with Gasteiger partial charge in [0.05, 0.1) is 4.92 Å². The summed E-state index contributed by atoms with van der Waals surface area (Å²) in [5.74, 6) is 0.207. The van der Waals surface area contributed by atoms with E-state index in [4.69, 9.17) is 5.73 Å². The highest BCUT2D eigenvalue weighted by Crippen LogP contribution is 2.28. The minimum atomic E-state index is -0.453. The van der Waals surface area contributed by atoms with Crippen LogP contribution in [0.4, 0.5) is 15.8 Å². The van der Waals surface area contributed by atoms with Gasteiger partial charge in [-0.2, -0.15) is 0 Å². The van der Waals surface area contributed by atoms with Crippen LogP contribution in [0.2, 0.25) is 0 Å². The first-order valence-corrected chi connectivity index (χ1v) is 6.46. The third-order valence-electron chi connectivity index (χ3n) is 2.55. The van der Waals surface area contributed by atoms with Crippen LogP contribution in [0, 0.1) is 15.9 Å². The van der Waals surface area contributed by atoms with Gasteiger partial charge in [-0.15, -0.1) is 11.8 Å². The molecule has 0 aliphatic carbocycles. The van der Waals surface area contributed by atoms with Gasteiger partial charge in [0.25, 0.3) is 5.69 Å². The Hall–Kier alpha value is -2.08. The average Bonchev–Trinajstić information content (AvgIpc) is 2.39. The molecule has 0 radical (unpaired) electrons. The minimum absolute atomic E-state index is 0.0175. The van der Waals surface area contributed by atoms with Gasteiger partial charge in [0.15, 0.2) is 0 Å². The van der Waals surface area contributed by atoms with Crippen LogP contribution in [-0.4, -0.2) is 4.92 Å². The van der Waals surface area contributed by atoms with Crippen molar-refractivity contribution in [3.8, 4) is 0 Å². The molecule has 0 spiro atoms. The summed E-state index contributed by atoms with van der Waals surface area (Å²) in [6.07, 6.45) is 0. The van der Waals surface area contributed by atoms with Crippen molar-refractivity contribution >= 4 is 23.1 Å². The van der Waals surface area contributed by atoms with Gasteiger partial charge in [0.1, 0.15) is 5.82 Å². The van der Waals surface area contributed by atoms with Crippen molar-refractivity contribution in [1.82, 2.24) is 0 Å². The predicted molar refractivity (Wildman–Crippen MR) is 73.5 cm³/mol. The molecule has 0 aromatic heterocycles. The van der Waals surface area contributed by atoms with Gasteiger partial charge in [0.2, 0.25) is 0 Å². The van der Waals surface area contributed by atoms with E-state index in [2.05, 4.69) is 0 Å². The monoisotopic (exact) mass is 278 g/mol. The quantitative estimate of drug-likeness (QED) is 0.401. The number of nitro groups is 1. The molecule has 2 aromatic carbocycles. The molecule has 2 rings (SSSR count). The van der Waals surface area contributed by atoms with E-state index in [1.807, 2.05) is 0 Å². The summed E-state index contributed by atoms with van der Waals surface area (Å²) < 4.78 is 12.8. The van der Waals surface area contributed by atoms with Gasteiger partial charge in [-0.05, 0) is 35.9 Å². The maximum absolute atomic E-state index is 12.8. The van der Waals surface area contributed by atoms with Crippen molar-refractivity contribution in [3.63, 3.8) is 0 Å². The molecule has 6 heteroatoms. The van der Waals surface area contributed by atoms with Crippen LogP contribution in [-0.2, 0) is 5.75 Å². The van der Waals surface area contributed by atoms with E-state index in [0.717, 1.165) is 4.90 Å². The summed E-state index contributed by atoms with van der Waals surface area (Å²) in [5.41, 5.74) is 7.01. The summed E-state index contributed by atoms with van der Waals surface area (Å²) in [7, 11) is 0. The molecule has 19 heavy (non-hydrogen) atoms. The zero-order chi connectivity index (χ0) is 13.8. The standard InChI is InChI=1S/C13H11FN2O2S/c14-10-1-4-12(5-2-10)19-8-9-7-11(16(17)18)3-6-13(9)15/h1-7H,8,15H2. The van der Waals surface area contributed by atoms with Gasteiger partial charge in [-0.25, -0.2) is 4.39 Å². The fourth-order valence-corrected chi connectivity index (χ4v) is 2.42.